The molecule has 38 heavy (non-hydrogen) atoms. The van der Waals surface area contributed by atoms with Gasteiger partial charge in [0.15, 0.2) is 11.2 Å². The summed E-state index contributed by atoms with van der Waals surface area (Å²) in [4.78, 5) is 37.6. The molecule has 0 aliphatic heterocycles. The Bertz CT molecular complexity index is 1500. The van der Waals surface area contributed by atoms with Crippen LogP contribution < -0.4 is 11.2 Å². The summed E-state index contributed by atoms with van der Waals surface area (Å²) in [5, 5.41) is 0.729. The minimum atomic E-state index is -0.471. The van der Waals surface area contributed by atoms with Gasteiger partial charge in [-0.2, -0.15) is 0 Å². The molecule has 0 spiro atoms. The van der Waals surface area contributed by atoms with E-state index in [-0.39, 0.29) is 17.6 Å². The van der Waals surface area contributed by atoms with Crippen molar-refractivity contribution in [2.45, 2.75) is 13.3 Å². The highest BCUT2D eigenvalue weighted by molar-refractivity contribution is 6.05. The molecule has 6 nitrogen and oxygen atoms in total. The van der Waals surface area contributed by atoms with Crippen LogP contribution in [-0.4, -0.2) is 23.3 Å². The predicted molar refractivity (Wildman–Crippen MR) is 153 cm³/mol. The molecular weight excluding hydrogens is 476 g/mol. The molecule has 1 aromatic heterocycles. The van der Waals surface area contributed by atoms with Gasteiger partial charge in [-0.15, -0.1) is 0 Å². The molecule has 1 heterocycles. The average molecular weight is 507 g/mol. The molecule has 0 atom stereocenters. The highest BCUT2D eigenvalue weighted by Gasteiger charge is 2.11. The third kappa shape index (κ3) is 8.60. The summed E-state index contributed by atoms with van der Waals surface area (Å²) < 4.78 is 4.67. The molecule has 6 heteroatoms. The number of hydrogen-bond donors (Lipinski definition) is 2. The van der Waals surface area contributed by atoms with E-state index in [2.05, 4.69) is 9.72 Å². The molecular formula is C32H30N2O4. The maximum Gasteiger partial charge on any atom is 0.313 e. The SMILES string of the molecule is CCOC(=O)CC(=O)c1ccccc1.Nc1ccccc1.O=c1cc(-c2ccccc2)[nH]c2ccccc12. The first-order chi connectivity index (χ1) is 18.5. The number of esters is 1. The topological polar surface area (TPSA) is 102 Å². The Kier molecular flexibility index (Phi) is 10.6. The lowest BCUT2D eigenvalue weighted by atomic mass is 10.1. The van der Waals surface area contributed by atoms with Crippen molar-refractivity contribution in [3.8, 4) is 11.3 Å². The van der Waals surface area contributed by atoms with Crippen molar-refractivity contribution >= 4 is 28.3 Å². The van der Waals surface area contributed by atoms with Crippen LogP contribution in [0.25, 0.3) is 22.2 Å². The summed E-state index contributed by atoms with van der Waals surface area (Å²) in [6, 6.07) is 37.3. The summed E-state index contributed by atoms with van der Waals surface area (Å²) in [5.74, 6) is -0.676. The number of Topliss-reactive ketones (excluding diaryl/α,β-unsaturated/α-hetero) is 1. The van der Waals surface area contributed by atoms with E-state index >= 15 is 0 Å². The van der Waals surface area contributed by atoms with Crippen molar-refractivity contribution in [3.05, 3.63) is 137 Å². The van der Waals surface area contributed by atoms with Crippen molar-refractivity contribution in [2.24, 2.45) is 0 Å². The second-order valence-electron chi connectivity index (χ2n) is 8.14. The monoisotopic (exact) mass is 506 g/mol. The number of H-pyrrole nitrogens is 1. The molecule has 0 aliphatic rings. The predicted octanol–water partition coefficient (Wildman–Crippen LogP) is 6.29. The third-order valence-electron chi connectivity index (χ3n) is 5.33. The highest BCUT2D eigenvalue weighted by atomic mass is 16.5. The fourth-order valence-electron chi connectivity index (χ4n) is 3.49. The molecule has 0 saturated carbocycles. The van der Waals surface area contributed by atoms with Crippen LogP contribution in [0.15, 0.2) is 126 Å². The lowest BCUT2D eigenvalue weighted by Crippen LogP contribution is -2.11. The summed E-state index contributed by atoms with van der Waals surface area (Å²) in [6.45, 7) is 2.02. The smallest absolute Gasteiger partial charge is 0.313 e. The van der Waals surface area contributed by atoms with E-state index in [0.29, 0.717) is 12.2 Å². The van der Waals surface area contributed by atoms with Crippen LogP contribution in [0.3, 0.4) is 0 Å². The number of nitrogen functional groups attached to an aromatic ring is 1. The Hall–Kier alpha value is -4.97. The first-order valence-corrected chi connectivity index (χ1v) is 12.2. The van der Waals surface area contributed by atoms with Crippen LogP contribution in [-0.2, 0) is 9.53 Å². The van der Waals surface area contributed by atoms with Crippen LogP contribution in [0.5, 0.6) is 0 Å². The summed E-state index contributed by atoms with van der Waals surface area (Å²) in [7, 11) is 0. The summed E-state index contributed by atoms with van der Waals surface area (Å²) in [5.41, 5.74) is 9.53. The fourth-order valence-corrected chi connectivity index (χ4v) is 3.49. The zero-order valence-corrected chi connectivity index (χ0v) is 21.2. The third-order valence-corrected chi connectivity index (χ3v) is 5.33. The highest BCUT2D eigenvalue weighted by Crippen LogP contribution is 2.17. The number of nitrogens with two attached hydrogens (primary N) is 1. The van der Waals surface area contributed by atoms with Gasteiger partial charge in [0, 0.05) is 33.9 Å². The van der Waals surface area contributed by atoms with Gasteiger partial charge in [0.25, 0.3) is 0 Å². The van der Waals surface area contributed by atoms with E-state index < -0.39 is 5.97 Å². The Morgan fingerprint density at radius 2 is 1.32 bits per heavy atom. The van der Waals surface area contributed by atoms with Crippen LogP contribution in [0.4, 0.5) is 5.69 Å². The number of carbonyl (C=O) groups excluding carboxylic acids is 2. The van der Waals surface area contributed by atoms with Crippen LogP contribution in [0.2, 0.25) is 0 Å². The van der Waals surface area contributed by atoms with Gasteiger partial charge in [-0.3, -0.25) is 14.4 Å². The molecule has 3 N–H and O–H groups in total. The zero-order valence-electron chi connectivity index (χ0n) is 21.2. The molecule has 5 aromatic rings. The number of ether oxygens (including phenoxy) is 1. The molecule has 0 unspecified atom stereocenters. The number of rotatable bonds is 5. The minimum Gasteiger partial charge on any atom is -0.466 e. The van der Waals surface area contributed by atoms with Crippen molar-refractivity contribution in [1.29, 1.82) is 0 Å². The largest absolute Gasteiger partial charge is 0.466 e. The number of carbonyl (C=O) groups is 2. The quantitative estimate of drug-likeness (QED) is 0.126. The van der Waals surface area contributed by atoms with Gasteiger partial charge >= 0.3 is 5.97 Å². The van der Waals surface area contributed by atoms with E-state index in [4.69, 9.17) is 5.73 Å². The van der Waals surface area contributed by atoms with Crippen LogP contribution >= 0.6 is 0 Å². The molecule has 4 aromatic carbocycles. The number of hydrogen-bond acceptors (Lipinski definition) is 5. The molecule has 0 fully saturated rings. The van der Waals surface area contributed by atoms with Crippen molar-refractivity contribution in [3.63, 3.8) is 0 Å². The fraction of sp³-hybridized carbons (Fsp3) is 0.0938. The number of pyridine rings is 1. The number of anilines is 1. The van der Waals surface area contributed by atoms with Crippen molar-refractivity contribution < 1.29 is 14.3 Å². The van der Waals surface area contributed by atoms with E-state index in [0.717, 1.165) is 27.8 Å². The standard InChI is InChI=1S/C15H11NO.C11H12O3.C6H7N/c17-15-10-14(11-6-2-1-3-7-11)16-13-9-5-4-8-12(13)15;1-2-14-11(13)8-10(12)9-6-4-3-5-7-9;7-6-4-2-1-3-5-6/h1-10H,(H,16,17);3-7H,2,8H2,1H3;1-5H,7H2. The molecule has 0 radical (unpaired) electrons. The lowest BCUT2D eigenvalue weighted by molar-refractivity contribution is -0.141. The van der Waals surface area contributed by atoms with Gasteiger partial charge in [0.2, 0.25) is 0 Å². The van der Waals surface area contributed by atoms with Gasteiger partial charge in [0.05, 0.1) is 6.61 Å². The normalized spacial score (nSPS) is 9.82. The Labute approximate surface area is 221 Å². The summed E-state index contributed by atoms with van der Waals surface area (Å²) in [6.07, 6.45) is -0.183. The van der Waals surface area contributed by atoms with Gasteiger partial charge in [-0.25, -0.2) is 0 Å². The second-order valence-corrected chi connectivity index (χ2v) is 8.14. The van der Waals surface area contributed by atoms with E-state index in [9.17, 15) is 14.4 Å². The molecule has 0 aliphatic carbocycles. The zero-order chi connectivity index (χ0) is 27.2. The number of benzene rings is 4. The van der Waals surface area contributed by atoms with Crippen molar-refractivity contribution in [1.82, 2.24) is 4.98 Å². The van der Waals surface area contributed by atoms with Crippen LogP contribution in [0, 0.1) is 0 Å². The number of nitrogens with one attached hydrogen (secondary N) is 1. The maximum atomic E-state index is 12.0. The molecule has 0 amide bonds. The van der Waals surface area contributed by atoms with E-state index in [1.807, 2.05) is 91.0 Å². The maximum absolute atomic E-state index is 12.0. The molecule has 0 bridgehead atoms. The van der Waals surface area contributed by atoms with E-state index in [1.54, 1.807) is 37.3 Å². The van der Waals surface area contributed by atoms with Crippen molar-refractivity contribution in [2.75, 3.05) is 12.3 Å². The number of para-hydroxylation sites is 2. The number of aromatic amines is 1. The Morgan fingerprint density at radius 1 is 0.763 bits per heavy atom. The first-order valence-electron chi connectivity index (χ1n) is 12.2. The Morgan fingerprint density at radius 3 is 1.89 bits per heavy atom. The second kappa shape index (κ2) is 14.6. The number of aromatic nitrogens is 1. The van der Waals surface area contributed by atoms with Gasteiger partial charge in [-0.05, 0) is 36.8 Å². The number of fused-ring (bicyclic) bond motifs is 1. The molecule has 0 saturated heterocycles. The lowest BCUT2D eigenvalue weighted by Gasteiger charge is -2.04. The number of ketones is 1. The average Bonchev–Trinajstić information content (AvgIpc) is 2.95. The molecule has 192 valence electrons. The van der Waals surface area contributed by atoms with E-state index in [1.165, 1.54) is 0 Å². The van der Waals surface area contributed by atoms with Gasteiger partial charge < -0.3 is 15.5 Å². The molecule has 5 rings (SSSR count). The first kappa shape index (κ1) is 27.6. The van der Waals surface area contributed by atoms with Crippen LogP contribution in [0.1, 0.15) is 23.7 Å². The summed E-state index contributed by atoms with van der Waals surface area (Å²) >= 11 is 0. The Balaban J connectivity index is 0.000000171. The minimum absolute atomic E-state index is 0.0539. The van der Waals surface area contributed by atoms with Gasteiger partial charge in [-0.1, -0.05) is 91.0 Å². The van der Waals surface area contributed by atoms with Gasteiger partial charge in [0.1, 0.15) is 6.42 Å².